The van der Waals surface area contributed by atoms with Gasteiger partial charge in [0.25, 0.3) is 0 Å². The van der Waals surface area contributed by atoms with Gasteiger partial charge in [0.05, 0.1) is 5.75 Å². The van der Waals surface area contributed by atoms with Crippen molar-refractivity contribution in [3.63, 3.8) is 0 Å². The van der Waals surface area contributed by atoms with E-state index < -0.39 is 10.0 Å². The van der Waals surface area contributed by atoms with Crippen LogP contribution in [0.4, 0.5) is 0 Å². The second-order valence-electron chi connectivity index (χ2n) is 3.55. The number of halogens is 1. The number of hydrogen-bond acceptors (Lipinski definition) is 3. The normalized spacial score (nSPS) is 22.9. The first-order valence-corrected chi connectivity index (χ1v) is 6.91. The number of nitrogens with one attached hydrogen (secondary N) is 1. The highest BCUT2D eigenvalue weighted by atomic mass is 35.5. The molecule has 1 atom stereocenters. The second kappa shape index (κ2) is 5.14. The van der Waals surface area contributed by atoms with E-state index >= 15 is 0 Å². The lowest BCUT2D eigenvalue weighted by Gasteiger charge is -2.15. The van der Waals surface area contributed by atoms with E-state index in [9.17, 15) is 13.2 Å². The molecular formula is C8H15ClN2O3S. The maximum atomic E-state index is 11.6. The summed E-state index contributed by atoms with van der Waals surface area (Å²) in [4.78, 5) is 10.8. The zero-order chi connectivity index (χ0) is 11.5. The molecule has 0 aromatic carbocycles. The molecule has 0 aromatic rings. The molecule has 0 aromatic heterocycles. The molecule has 88 valence electrons. The minimum absolute atomic E-state index is 0.0403. The number of rotatable bonds is 4. The lowest BCUT2D eigenvalue weighted by Crippen LogP contribution is -2.38. The molecule has 0 radical (unpaired) electrons. The molecule has 5 nitrogen and oxygen atoms in total. The zero-order valence-electron chi connectivity index (χ0n) is 8.57. The molecule has 1 aliphatic heterocycles. The molecule has 0 aliphatic carbocycles. The first kappa shape index (κ1) is 12.7. The first-order valence-electron chi connectivity index (χ1n) is 4.76. The summed E-state index contributed by atoms with van der Waals surface area (Å²) in [7, 11) is -3.23. The minimum Gasteiger partial charge on any atom is -0.352 e. The summed E-state index contributed by atoms with van der Waals surface area (Å²) in [6.45, 7) is 2.25. The van der Waals surface area contributed by atoms with E-state index in [1.165, 1.54) is 11.2 Å². The number of hydrogen-bond donors (Lipinski definition) is 1. The quantitative estimate of drug-likeness (QED) is 0.705. The predicted octanol–water partition coefficient (Wildman–Crippen LogP) is -0.235. The summed E-state index contributed by atoms with van der Waals surface area (Å²) in [5.41, 5.74) is 0. The van der Waals surface area contributed by atoms with Crippen molar-refractivity contribution < 1.29 is 13.2 Å². The highest BCUT2D eigenvalue weighted by Gasteiger charge is 2.30. The van der Waals surface area contributed by atoms with E-state index in [4.69, 9.17) is 11.6 Å². The van der Waals surface area contributed by atoms with Gasteiger partial charge in [-0.2, -0.15) is 4.31 Å². The SMILES string of the molecule is CC(=O)NC1CCN(S(=O)(=O)CCCl)C1. The standard InChI is InChI=1S/C8H15ClN2O3S/c1-7(12)10-8-2-4-11(6-8)15(13,14)5-3-9/h8H,2-6H2,1H3,(H,10,12). The van der Waals surface area contributed by atoms with Crippen molar-refractivity contribution in [1.82, 2.24) is 9.62 Å². The van der Waals surface area contributed by atoms with Crippen LogP contribution in [-0.2, 0) is 14.8 Å². The van der Waals surface area contributed by atoms with Crippen LogP contribution in [0.3, 0.4) is 0 Å². The van der Waals surface area contributed by atoms with Crippen LogP contribution in [0.1, 0.15) is 13.3 Å². The predicted molar refractivity (Wildman–Crippen MR) is 58.3 cm³/mol. The van der Waals surface area contributed by atoms with Crippen molar-refractivity contribution in [2.24, 2.45) is 0 Å². The fourth-order valence-corrected chi connectivity index (χ4v) is 3.44. The summed E-state index contributed by atoms with van der Waals surface area (Å²) >= 11 is 5.41. The average Bonchev–Trinajstić information content (AvgIpc) is 2.51. The number of carbonyl (C=O) groups is 1. The number of nitrogens with zero attached hydrogens (tertiary/aromatic N) is 1. The van der Waals surface area contributed by atoms with Gasteiger partial charge in [0.2, 0.25) is 15.9 Å². The summed E-state index contributed by atoms with van der Waals surface area (Å²) in [6.07, 6.45) is 0.668. The monoisotopic (exact) mass is 254 g/mol. The van der Waals surface area contributed by atoms with E-state index in [-0.39, 0.29) is 23.6 Å². The molecule has 0 saturated carbocycles. The Bertz CT molecular complexity index is 331. The number of carbonyl (C=O) groups excluding carboxylic acids is 1. The molecule has 1 N–H and O–H groups in total. The van der Waals surface area contributed by atoms with Gasteiger partial charge >= 0.3 is 0 Å². The van der Waals surface area contributed by atoms with Gasteiger partial charge in [-0.25, -0.2) is 8.42 Å². The van der Waals surface area contributed by atoms with Crippen LogP contribution in [0, 0.1) is 0 Å². The third kappa shape index (κ3) is 3.62. The molecule has 1 unspecified atom stereocenters. The van der Waals surface area contributed by atoms with Gasteiger partial charge in [0.1, 0.15) is 0 Å². The zero-order valence-corrected chi connectivity index (χ0v) is 10.1. The highest BCUT2D eigenvalue weighted by molar-refractivity contribution is 7.89. The van der Waals surface area contributed by atoms with Gasteiger partial charge in [0.15, 0.2) is 0 Å². The smallest absolute Gasteiger partial charge is 0.217 e. The Balaban J connectivity index is 2.52. The fraction of sp³-hybridized carbons (Fsp3) is 0.875. The Labute approximate surface area is 94.8 Å². The fourth-order valence-electron chi connectivity index (χ4n) is 1.61. The number of sulfonamides is 1. The van der Waals surface area contributed by atoms with Crippen LogP contribution in [0.5, 0.6) is 0 Å². The van der Waals surface area contributed by atoms with Crippen LogP contribution in [0.25, 0.3) is 0 Å². The van der Waals surface area contributed by atoms with Crippen molar-refractivity contribution in [3.05, 3.63) is 0 Å². The van der Waals surface area contributed by atoms with Gasteiger partial charge < -0.3 is 5.32 Å². The van der Waals surface area contributed by atoms with Gasteiger partial charge in [-0.3, -0.25) is 4.79 Å². The second-order valence-corrected chi connectivity index (χ2v) is 6.02. The van der Waals surface area contributed by atoms with Gasteiger partial charge in [-0.15, -0.1) is 11.6 Å². The molecule has 1 aliphatic rings. The van der Waals surface area contributed by atoms with Gasteiger partial charge in [-0.05, 0) is 6.42 Å². The van der Waals surface area contributed by atoms with Crippen molar-refractivity contribution in [2.75, 3.05) is 24.7 Å². The molecule has 15 heavy (non-hydrogen) atoms. The number of amides is 1. The van der Waals surface area contributed by atoms with Gasteiger partial charge in [-0.1, -0.05) is 0 Å². The van der Waals surface area contributed by atoms with E-state index in [1.54, 1.807) is 0 Å². The summed E-state index contributed by atoms with van der Waals surface area (Å²) < 4.78 is 24.6. The van der Waals surface area contributed by atoms with Crippen molar-refractivity contribution in [3.8, 4) is 0 Å². The molecular weight excluding hydrogens is 240 g/mol. The Morgan fingerprint density at radius 1 is 1.60 bits per heavy atom. The van der Waals surface area contributed by atoms with E-state index in [0.29, 0.717) is 19.5 Å². The molecule has 0 spiro atoms. The van der Waals surface area contributed by atoms with Crippen LogP contribution < -0.4 is 5.32 Å². The Morgan fingerprint density at radius 3 is 2.80 bits per heavy atom. The van der Waals surface area contributed by atoms with Crippen LogP contribution in [0.2, 0.25) is 0 Å². The summed E-state index contributed by atoms with van der Waals surface area (Å²) in [5.74, 6) is -0.0677. The molecule has 1 saturated heterocycles. The molecule has 1 rings (SSSR count). The maximum Gasteiger partial charge on any atom is 0.217 e. The lowest BCUT2D eigenvalue weighted by molar-refractivity contribution is -0.119. The summed E-state index contributed by atoms with van der Waals surface area (Å²) in [6, 6.07) is -0.0624. The first-order chi connectivity index (χ1) is 6.95. The third-order valence-corrected chi connectivity index (χ3v) is 4.54. The Hall–Kier alpha value is -0.330. The van der Waals surface area contributed by atoms with Gasteiger partial charge in [0, 0.05) is 31.9 Å². The molecule has 1 amide bonds. The Morgan fingerprint density at radius 2 is 2.27 bits per heavy atom. The molecule has 7 heteroatoms. The van der Waals surface area contributed by atoms with E-state index in [0.717, 1.165) is 0 Å². The van der Waals surface area contributed by atoms with Crippen molar-refractivity contribution in [2.45, 2.75) is 19.4 Å². The van der Waals surface area contributed by atoms with Crippen molar-refractivity contribution in [1.29, 1.82) is 0 Å². The minimum atomic E-state index is -3.23. The van der Waals surface area contributed by atoms with Crippen LogP contribution in [-0.4, -0.2) is 49.4 Å². The van der Waals surface area contributed by atoms with Crippen LogP contribution >= 0.6 is 11.6 Å². The molecule has 1 heterocycles. The van der Waals surface area contributed by atoms with E-state index in [2.05, 4.69) is 5.32 Å². The molecule has 1 fully saturated rings. The summed E-state index contributed by atoms with van der Waals surface area (Å²) in [5, 5.41) is 2.71. The topological polar surface area (TPSA) is 66.5 Å². The number of alkyl halides is 1. The molecule has 0 bridgehead atoms. The lowest BCUT2D eigenvalue weighted by atomic mass is 10.3. The maximum absolute atomic E-state index is 11.6. The van der Waals surface area contributed by atoms with Crippen molar-refractivity contribution >= 4 is 27.5 Å². The largest absolute Gasteiger partial charge is 0.352 e. The highest BCUT2D eigenvalue weighted by Crippen LogP contribution is 2.14. The van der Waals surface area contributed by atoms with E-state index in [1.807, 2.05) is 0 Å². The average molecular weight is 255 g/mol. The van der Waals surface area contributed by atoms with Crippen LogP contribution in [0.15, 0.2) is 0 Å². The third-order valence-electron chi connectivity index (χ3n) is 2.29. The Kier molecular flexibility index (Phi) is 4.36.